The molecule has 6 nitrogen and oxygen atoms in total. The molecule has 3 aromatic rings. The quantitative estimate of drug-likeness (QED) is 0.312. The van der Waals surface area contributed by atoms with Gasteiger partial charge in [0.05, 0.1) is 22.0 Å². The van der Waals surface area contributed by atoms with Gasteiger partial charge in [0.15, 0.2) is 0 Å². The Morgan fingerprint density at radius 3 is 2.62 bits per heavy atom. The molecule has 1 saturated heterocycles. The van der Waals surface area contributed by atoms with E-state index in [9.17, 15) is 14.7 Å². The van der Waals surface area contributed by atoms with Crippen LogP contribution in [0.5, 0.6) is 5.75 Å². The smallest absolute Gasteiger partial charge is 0.293 e. The summed E-state index contributed by atoms with van der Waals surface area (Å²) in [4.78, 5) is 28.3. The molecule has 34 heavy (non-hydrogen) atoms. The van der Waals surface area contributed by atoms with Crippen LogP contribution in [0.1, 0.15) is 40.6 Å². The Labute approximate surface area is 211 Å². The molecule has 1 amide bonds. The molecule has 2 heterocycles. The number of thiophene rings is 1. The fraction of sp³-hybridized carbons (Fsp3) is 0.360. The Hall–Kier alpha value is -2.16. The molecule has 2 atom stereocenters. The largest absolute Gasteiger partial charge is 0.489 e. The van der Waals surface area contributed by atoms with Gasteiger partial charge in [0.2, 0.25) is 0 Å². The lowest BCUT2D eigenvalue weighted by molar-refractivity contribution is -0.118. The molecule has 0 radical (unpaired) electrons. The van der Waals surface area contributed by atoms with Gasteiger partial charge in [-0.25, -0.2) is 0 Å². The van der Waals surface area contributed by atoms with Crippen LogP contribution in [0, 0.1) is 0 Å². The van der Waals surface area contributed by atoms with Gasteiger partial charge in [0.1, 0.15) is 11.9 Å². The number of hydrogen-bond donors (Lipinski definition) is 2. The van der Waals surface area contributed by atoms with E-state index < -0.39 is 23.8 Å². The Bertz CT molecular complexity index is 1240. The van der Waals surface area contributed by atoms with Crippen LogP contribution in [-0.2, 0) is 4.79 Å². The summed E-state index contributed by atoms with van der Waals surface area (Å²) in [7, 11) is 0. The second-order valence-electron chi connectivity index (χ2n) is 8.81. The van der Waals surface area contributed by atoms with Crippen molar-refractivity contribution in [3.63, 3.8) is 0 Å². The first-order valence-electron chi connectivity index (χ1n) is 11.3. The SMILES string of the molecule is O=C(NC(CN1CCC1)C(O)c1ccc(OC2CC2)c(Cl)c1)C(=O)c1cc2ccc(Cl)cc2s1. The number of aliphatic hydroxyl groups is 1. The highest BCUT2D eigenvalue weighted by Crippen LogP contribution is 2.34. The zero-order valence-electron chi connectivity index (χ0n) is 18.3. The van der Waals surface area contributed by atoms with Crippen molar-refractivity contribution < 1.29 is 19.4 Å². The Balaban J connectivity index is 1.32. The average molecular weight is 519 g/mol. The first kappa shape index (κ1) is 23.6. The van der Waals surface area contributed by atoms with Crippen molar-refractivity contribution in [2.24, 2.45) is 0 Å². The number of aliphatic hydroxyl groups excluding tert-OH is 1. The monoisotopic (exact) mass is 518 g/mol. The highest BCUT2D eigenvalue weighted by molar-refractivity contribution is 7.21. The zero-order valence-corrected chi connectivity index (χ0v) is 20.6. The minimum absolute atomic E-state index is 0.211. The molecule has 1 aliphatic heterocycles. The van der Waals surface area contributed by atoms with Gasteiger partial charge in [-0.15, -0.1) is 11.3 Å². The van der Waals surface area contributed by atoms with Gasteiger partial charge in [-0.05, 0) is 73.6 Å². The molecule has 2 aliphatic rings. The van der Waals surface area contributed by atoms with Crippen LogP contribution >= 0.6 is 34.5 Å². The lowest BCUT2D eigenvalue weighted by atomic mass is 10.00. The molecule has 178 valence electrons. The van der Waals surface area contributed by atoms with Crippen LogP contribution in [-0.4, -0.2) is 53.5 Å². The molecule has 0 spiro atoms. The van der Waals surface area contributed by atoms with E-state index in [4.69, 9.17) is 27.9 Å². The highest BCUT2D eigenvalue weighted by atomic mass is 35.5. The van der Waals surface area contributed by atoms with E-state index in [0.717, 1.165) is 42.4 Å². The second-order valence-corrected chi connectivity index (χ2v) is 10.7. The maximum atomic E-state index is 12.9. The Kier molecular flexibility index (Phi) is 6.82. The maximum absolute atomic E-state index is 12.9. The number of carbonyl (C=O) groups excluding carboxylic acids is 2. The summed E-state index contributed by atoms with van der Waals surface area (Å²) in [6.07, 6.45) is 2.28. The predicted molar refractivity (Wildman–Crippen MR) is 134 cm³/mol. The molecular formula is C25H24Cl2N2O4S. The van der Waals surface area contributed by atoms with Gasteiger partial charge in [-0.1, -0.05) is 35.3 Å². The van der Waals surface area contributed by atoms with E-state index >= 15 is 0 Å². The number of fused-ring (bicyclic) bond motifs is 1. The van der Waals surface area contributed by atoms with Crippen LogP contribution in [0.4, 0.5) is 0 Å². The lowest BCUT2D eigenvalue weighted by Crippen LogP contribution is -2.52. The summed E-state index contributed by atoms with van der Waals surface area (Å²) >= 11 is 13.6. The molecule has 1 saturated carbocycles. The first-order chi connectivity index (χ1) is 16.4. The molecule has 2 N–H and O–H groups in total. The van der Waals surface area contributed by atoms with Crippen molar-refractivity contribution in [2.45, 2.75) is 37.5 Å². The van der Waals surface area contributed by atoms with Crippen molar-refractivity contribution in [2.75, 3.05) is 19.6 Å². The lowest BCUT2D eigenvalue weighted by Gasteiger charge is -2.36. The van der Waals surface area contributed by atoms with Crippen LogP contribution in [0.2, 0.25) is 10.0 Å². The topological polar surface area (TPSA) is 78.9 Å². The Morgan fingerprint density at radius 2 is 1.94 bits per heavy atom. The number of Topliss-reactive ketones (excluding diaryl/α,β-unsaturated/α-hetero) is 1. The fourth-order valence-corrected chi connectivity index (χ4v) is 5.43. The number of ketones is 1. The number of rotatable bonds is 9. The van der Waals surface area contributed by atoms with Crippen molar-refractivity contribution in [1.29, 1.82) is 0 Å². The zero-order chi connectivity index (χ0) is 23.8. The number of ether oxygens (including phenoxy) is 1. The number of halogens is 2. The molecule has 1 aliphatic carbocycles. The number of hydrogen-bond acceptors (Lipinski definition) is 6. The third-order valence-electron chi connectivity index (χ3n) is 6.13. The summed E-state index contributed by atoms with van der Waals surface area (Å²) in [5.74, 6) is -0.796. The molecule has 2 unspecified atom stereocenters. The van der Waals surface area contributed by atoms with Crippen LogP contribution < -0.4 is 10.1 Å². The molecule has 1 aromatic heterocycles. The fourth-order valence-electron chi connectivity index (χ4n) is 3.92. The molecule has 5 rings (SSSR count). The van der Waals surface area contributed by atoms with E-state index in [-0.39, 0.29) is 6.10 Å². The van der Waals surface area contributed by atoms with Gasteiger partial charge in [0, 0.05) is 16.3 Å². The van der Waals surface area contributed by atoms with E-state index in [1.807, 2.05) is 6.07 Å². The number of nitrogens with zero attached hydrogens (tertiary/aromatic N) is 1. The summed E-state index contributed by atoms with van der Waals surface area (Å²) in [6.45, 7) is 2.21. The molecular weight excluding hydrogens is 495 g/mol. The summed E-state index contributed by atoms with van der Waals surface area (Å²) in [5.41, 5.74) is 0.558. The standard InChI is InChI=1S/C25H24Cl2N2O4S/c26-16-4-2-14-11-22(34-21(14)12-16)24(31)25(32)28-19(13-29-8-1-9-29)23(30)15-3-7-20(18(27)10-15)33-17-5-6-17/h2-4,7,10-12,17,19,23,30H,1,5-6,8-9,13H2,(H,28,32). The van der Waals surface area contributed by atoms with Gasteiger partial charge < -0.3 is 20.1 Å². The minimum atomic E-state index is -1.04. The summed E-state index contributed by atoms with van der Waals surface area (Å²) in [6, 6.07) is 11.5. The second kappa shape index (κ2) is 9.84. The van der Waals surface area contributed by atoms with E-state index in [1.165, 1.54) is 11.3 Å². The molecule has 2 fully saturated rings. The third-order valence-corrected chi connectivity index (χ3v) is 7.76. The number of likely N-dealkylation sites (tertiary alicyclic amines) is 1. The van der Waals surface area contributed by atoms with Crippen molar-refractivity contribution >= 4 is 56.3 Å². The molecule has 2 aromatic carbocycles. The van der Waals surface area contributed by atoms with Gasteiger partial charge in [-0.3, -0.25) is 9.59 Å². The number of nitrogens with one attached hydrogen (secondary N) is 1. The van der Waals surface area contributed by atoms with E-state index in [0.29, 0.717) is 32.8 Å². The van der Waals surface area contributed by atoms with Crippen molar-refractivity contribution in [3.8, 4) is 5.75 Å². The maximum Gasteiger partial charge on any atom is 0.293 e. The minimum Gasteiger partial charge on any atom is -0.489 e. The predicted octanol–water partition coefficient (Wildman–Crippen LogP) is 4.86. The summed E-state index contributed by atoms with van der Waals surface area (Å²) in [5, 5.41) is 15.8. The highest BCUT2D eigenvalue weighted by Gasteiger charge is 2.31. The van der Waals surface area contributed by atoms with Crippen LogP contribution in [0.25, 0.3) is 10.1 Å². The van der Waals surface area contributed by atoms with Crippen LogP contribution in [0.15, 0.2) is 42.5 Å². The third kappa shape index (κ3) is 5.24. The normalized spacial score (nSPS) is 17.7. The number of amides is 1. The number of benzene rings is 2. The van der Waals surface area contributed by atoms with Crippen molar-refractivity contribution in [3.05, 3.63) is 63.0 Å². The van der Waals surface area contributed by atoms with Gasteiger partial charge in [0.25, 0.3) is 11.7 Å². The molecule has 0 bridgehead atoms. The first-order valence-corrected chi connectivity index (χ1v) is 12.9. The van der Waals surface area contributed by atoms with Crippen molar-refractivity contribution in [1.82, 2.24) is 10.2 Å². The number of carbonyl (C=O) groups is 2. The summed E-state index contributed by atoms with van der Waals surface area (Å²) < 4.78 is 6.61. The molecule has 9 heteroatoms. The van der Waals surface area contributed by atoms with Gasteiger partial charge >= 0.3 is 0 Å². The van der Waals surface area contributed by atoms with E-state index in [2.05, 4.69) is 10.2 Å². The Morgan fingerprint density at radius 1 is 1.15 bits per heavy atom. The average Bonchev–Trinajstić information content (AvgIpc) is 3.51. The van der Waals surface area contributed by atoms with Crippen LogP contribution in [0.3, 0.4) is 0 Å². The van der Waals surface area contributed by atoms with Gasteiger partial charge in [-0.2, -0.15) is 0 Å². The van der Waals surface area contributed by atoms with E-state index in [1.54, 1.807) is 36.4 Å².